The summed E-state index contributed by atoms with van der Waals surface area (Å²) in [5.41, 5.74) is -0.0237. The maximum absolute atomic E-state index is 13.9. The lowest BCUT2D eigenvalue weighted by atomic mass is 10.1. The summed E-state index contributed by atoms with van der Waals surface area (Å²) in [7, 11) is 0. The van der Waals surface area contributed by atoms with Crippen LogP contribution in [0.4, 0.5) is 13.2 Å². The first-order valence-electron chi connectivity index (χ1n) is 10.9. The molecule has 0 N–H and O–H groups in total. The molecular weight excluding hydrogens is 487 g/mol. The Kier molecular flexibility index (Phi) is 6.85. The number of nitrogens with zero attached hydrogens (tertiary/aromatic N) is 1. The Morgan fingerprint density at radius 3 is 2.43 bits per heavy atom. The molecule has 0 radical (unpaired) electrons. The first-order valence-corrected chi connectivity index (χ1v) is 10.9. The number of halogens is 3. The largest absolute Gasteiger partial charge is 0.453 e. The van der Waals surface area contributed by atoms with Gasteiger partial charge in [-0.2, -0.15) is 18.4 Å². The van der Waals surface area contributed by atoms with Gasteiger partial charge in [-0.25, -0.2) is 4.79 Å². The minimum atomic E-state index is -5.06. The van der Waals surface area contributed by atoms with Gasteiger partial charge in [-0.1, -0.05) is 42.5 Å². The summed E-state index contributed by atoms with van der Waals surface area (Å²) in [5, 5.41) is 9.13. The van der Waals surface area contributed by atoms with Crippen molar-refractivity contribution in [3.8, 4) is 23.3 Å². The van der Waals surface area contributed by atoms with Crippen LogP contribution in [0.2, 0.25) is 0 Å². The van der Waals surface area contributed by atoms with Crippen LogP contribution in [-0.2, 0) is 11.0 Å². The van der Waals surface area contributed by atoms with Gasteiger partial charge in [-0.15, -0.1) is 0 Å². The Morgan fingerprint density at radius 1 is 1.03 bits per heavy atom. The Bertz CT molecular complexity index is 1630. The minimum absolute atomic E-state index is 0.0805. The normalized spacial score (nSPS) is 11.7. The summed E-state index contributed by atoms with van der Waals surface area (Å²) in [4.78, 5) is 25.5. The van der Waals surface area contributed by atoms with Crippen LogP contribution in [0.5, 0.6) is 17.2 Å². The first kappa shape index (κ1) is 25.3. The van der Waals surface area contributed by atoms with E-state index in [-0.39, 0.29) is 22.5 Å². The van der Waals surface area contributed by atoms with Crippen LogP contribution in [0.25, 0.3) is 17.0 Å². The number of nitriles is 1. The lowest BCUT2D eigenvalue weighted by molar-refractivity contribution is -0.154. The van der Waals surface area contributed by atoms with E-state index in [0.29, 0.717) is 11.1 Å². The van der Waals surface area contributed by atoms with Gasteiger partial charge in [0.15, 0.2) is 0 Å². The van der Waals surface area contributed by atoms with Crippen LogP contribution in [0.15, 0.2) is 81.5 Å². The highest BCUT2D eigenvalue weighted by Gasteiger charge is 2.40. The van der Waals surface area contributed by atoms with E-state index in [4.69, 9.17) is 13.9 Å². The van der Waals surface area contributed by atoms with E-state index < -0.39 is 34.7 Å². The van der Waals surface area contributed by atoms with E-state index in [9.17, 15) is 28.0 Å². The summed E-state index contributed by atoms with van der Waals surface area (Å²) in [6.45, 7) is 3.36. The van der Waals surface area contributed by atoms with Crippen molar-refractivity contribution in [2.75, 3.05) is 0 Å². The van der Waals surface area contributed by atoms with E-state index in [1.807, 2.05) is 0 Å². The maximum Gasteiger partial charge on any atom is 0.453 e. The molecule has 0 saturated heterocycles. The lowest BCUT2D eigenvalue weighted by Gasteiger charge is -2.15. The zero-order valence-corrected chi connectivity index (χ0v) is 19.6. The van der Waals surface area contributed by atoms with E-state index in [1.54, 1.807) is 62.4 Å². The number of hydrogen-bond donors (Lipinski definition) is 0. The zero-order valence-electron chi connectivity index (χ0n) is 19.6. The lowest BCUT2D eigenvalue weighted by Crippen LogP contribution is -2.16. The number of ether oxygens (including phenoxy) is 2. The summed E-state index contributed by atoms with van der Waals surface area (Å²) in [5.74, 6) is -3.80. The van der Waals surface area contributed by atoms with Gasteiger partial charge in [-0.05, 0) is 54.8 Å². The van der Waals surface area contributed by atoms with Crippen molar-refractivity contribution in [1.82, 2.24) is 0 Å². The molecule has 0 fully saturated rings. The van der Waals surface area contributed by atoms with Gasteiger partial charge < -0.3 is 13.9 Å². The van der Waals surface area contributed by atoms with Gasteiger partial charge >= 0.3 is 12.1 Å². The quantitative estimate of drug-likeness (QED) is 0.129. The Labute approximate surface area is 208 Å². The highest BCUT2D eigenvalue weighted by atomic mass is 19.4. The van der Waals surface area contributed by atoms with Crippen molar-refractivity contribution in [3.05, 3.63) is 105 Å². The van der Waals surface area contributed by atoms with Crippen molar-refractivity contribution in [1.29, 1.82) is 5.26 Å². The van der Waals surface area contributed by atoms with Gasteiger partial charge in [0.05, 0.1) is 5.39 Å². The highest BCUT2D eigenvalue weighted by molar-refractivity contribution is 5.99. The maximum atomic E-state index is 13.9. The molecule has 9 heteroatoms. The average molecular weight is 505 g/mol. The van der Waals surface area contributed by atoms with Gasteiger partial charge in [0.1, 0.15) is 28.7 Å². The molecule has 1 aromatic heterocycles. The average Bonchev–Trinajstić information content (AvgIpc) is 2.86. The fraction of sp³-hybridized carbons (Fsp3) is 0.107. The number of aryl methyl sites for hydroxylation is 2. The Hall–Kier alpha value is -4.84. The van der Waals surface area contributed by atoms with Gasteiger partial charge in [0.2, 0.25) is 11.2 Å². The molecule has 186 valence electrons. The van der Waals surface area contributed by atoms with E-state index in [0.717, 1.165) is 17.7 Å². The molecule has 0 unspecified atom stereocenters. The molecular formula is C28H18F3NO5. The Balaban J connectivity index is 1.74. The first-order chi connectivity index (χ1) is 17.6. The molecule has 0 bridgehead atoms. The van der Waals surface area contributed by atoms with Gasteiger partial charge in [0.25, 0.3) is 5.76 Å². The summed E-state index contributed by atoms with van der Waals surface area (Å²) < 4.78 is 57.3. The molecule has 0 amide bonds. The molecule has 4 aromatic rings. The fourth-order valence-electron chi connectivity index (χ4n) is 3.44. The van der Waals surface area contributed by atoms with Crippen LogP contribution >= 0.6 is 0 Å². The van der Waals surface area contributed by atoms with Crippen LogP contribution in [0.1, 0.15) is 22.5 Å². The fourth-order valence-corrected chi connectivity index (χ4v) is 3.44. The number of hydrogen-bond acceptors (Lipinski definition) is 6. The molecule has 4 rings (SSSR count). The van der Waals surface area contributed by atoms with Crippen LogP contribution < -0.4 is 14.9 Å². The van der Waals surface area contributed by atoms with Gasteiger partial charge in [-0.3, -0.25) is 4.79 Å². The van der Waals surface area contributed by atoms with Crippen molar-refractivity contribution < 1.29 is 31.9 Å². The second kappa shape index (κ2) is 10.0. The molecule has 0 spiro atoms. The monoisotopic (exact) mass is 505 g/mol. The topological polar surface area (TPSA) is 89.5 Å². The summed E-state index contributed by atoms with van der Waals surface area (Å²) in [6, 6.07) is 18.5. The molecule has 0 saturated carbocycles. The number of rotatable bonds is 5. The van der Waals surface area contributed by atoms with Crippen molar-refractivity contribution in [3.63, 3.8) is 0 Å². The van der Waals surface area contributed by atoms with Gasteiger partial charge in [0, 0.05) is 6.07 Å². The van der Waals surface area contributed by atoms with Crippen LogP contribution in [-0.4, -0.2) is 5.97 Å². The van der Waals surface area contributed by atoms with E-state index >= 15 is 0 Å². The van der Waals surface area contributed by atoms with E-state index in [2.05, 4.69) is 0 Å². The summed E-state index contributed by atoms with van der Waals surface area (Å²) >= 11 is 0. The standard InChI is InChI=1S/C28H18F3NO5/c1-16-8-9-17(2)22(12-16)36-25-24(33)21-11-10-20(14-23(21)37-26(25)28(29,30)31)35-27(34)19(15-32)13-18-6-4-3-5-7-18/h3-14H,1-2H3. The van der Waals surface area contributed by atoms with Crippen molar-refractivity contribution >= 4 is 23.0 Å². The van der Waals surface area contributed by atoms with E-state index in [1.165, 1.54) is 18.2 Å². The molecule has 6 nitrogen and oxygen atoms in total. The second-order valence-electron chi connectivity index (χ2n) is 8.09. The molecule has 3 aromatic carbocycles. The number of carbonyl (C=O) groups excluding carboxylic acids is 1. The SMILES string of the molecule is Cc1ccc(C)c(Oc2c(C(F)(F)F)oc3cc(OC(=O)C(C#N)=Cc4ccccc4)ccc3c2=O)c1. The molecule has 1 heterocycles. The minimum Gasteiger partial charge on any atom is -0.449 e. The Morgan fingerprint density at radius 2 is 1.76 bits per heavy atom. The smallest absolute Gasteiger partial charge is 0.449 e. The predicted octanol–water partition coefficient (Wildman–Crippen LogP) is 6.73. The second-order valence-corrected chi connectivity index (χ2v) is 8.09. The van der Waals surface area contributed by atoms with Crippen LogP contribution in [0, 0.1) is 25.2 Å². The third-order valence-electron chi connectivity index (χ3n) is 5.30. The van der Waals surface area contributed by atoms with Crippen molar-refractivity contribution in [2.45, 2.75) is 20.0 Å². The molecule has 0 atom stereocenters. The number of esters is 1. The third-order valence-corrected chi connectivity index (χ3v) is 5.30. The zero-order chi connectivity index (χ0) is 26.7. The highest BCUT2D eigenvalue weighted by Crippen LogP contribution is 2.39. The van der Waals surface area contributed by atoms with Crippen LogP contribution in [0.3, 0.4) is 0 Å². The van der Waals surface area contributed by atoms with Crippen molar-refractivity contribution in [2.24, 2.45) is 0 Å². The molecule has 0 aliphatic heterocycles. The number of benzene rings is 3. The molecule has 37 heavy (non-hydrogen) atoms. The molecule has 0 aliphatic rings. The third kappa shape index (κ3) is 5.54. The predicted molar refractivity (Wildman–Crippen MR) is 129 cm³/mol. The molecule has 0 aliphatic carbocycles. The number of fused-ring (bicyclic) bond motifs is 1. The number of carbonyl (C=O) groups is 1. The summed E-state index contributed by atoms with van der Waals surface area (Å²) in [6.07, 6.45) is -3.75. The number of alkyl halides is 3.